The minimum absolute atomic E-state index is 0.0230. The number of aryl methyl sites for hydroxylation is 2. The van der Waals surface area contributed by atoms with Gasteiger partial charge in [0.25, 0.3) is 5.91 Å². The molecule has 3 rings (SSSR count). The summed E-state index contributed by atoms with van der Waals surface area (Å²) in [6.07, 6.45) is 0.477. The molecule has 0 N–H and O–H groups in total. The summed E-state index contributed by atoms with van der Waals surface area (Å²) in [5.74, 6) is 0.605. The molecular formula is C21H25NO4S. The van der Waals surface area contributed by atoms with Gasteiger partial charge in [0.2, 0.25) is 0 Å². The van der Waals surface area contributed by atoms with E-state index < -0.39 is 9.84 Å². The monoisotopic (exact) mass is 387 g/mol. The van der Waals surface area contributed by atoms with Gasteiger partial charge in [0.05, 0.1) is 11.5 Å². The van der Waals surface area contributed by atoms with Crippen molar-refractivity contribution in [2.45, 2.75) is 32.9 Å². The van der Waals surface area contributed by atoms with Gasteiger partial charge >= 0.3 is 0 Å². The summed E-state index contributed by atoms with van der Waals surface area (Å²) in [4.78, 5) is 14.5. The van der Waals surface area contributed by atoms with Gasteiger partial charge in [0.15, 0.2) is 16.4 Å². The molecule has 1 aliphatic heterocycles. The van der Waals surface area contributed by atoms with Crippen LogP contribution in [-0.2, 0) is 21.2 Å². The number of rotatable bonds is 6. The third-order valence-corrected chi connectivity index (χ3v) is 6.76. The van der Waals surface area contributed by atoms with Gasteiger partial charge in [-0.1, -0.05) is 36.4 Å². The highest BCUT2D eigenvalue weighted by Gasteiger charge is 2.34. The van der Waals surface area contributed by atoms with Crippen LogP contribution in [-0.4, -0.2) is 43.4 Å². The van der Waals surface area contributed by atoms with Crippen molar-refractivity contribution >= 4 is 15.7 Å². The van der Waals surface area contributed by atoms with Gasteiger partial charge < -0.3 is 9.64 Å². The molecule has 144 valence electrons. The Balaban J connectivity index is 1.72. The Morgan fingerprint density at radius 3 is 2.48 bits per heavy atom. The van der Waals surface area contributed by atoms with Crippen molar-refractivity contribution in [1.82, 2.24) is 4.90 Å². The van der Waals surface area contributed by atoms with Crippen LogP contribution in [0.4, 0.5) is 0 Å². The summed E-state index contributed by atoms with van der Waals surface area (Å²) >= 11 is 0. The first kappa shape index (κ1) is 19.4. The van der Waals surface area contributed by atoms with Crippen LogP contribution in [0.15, 0.2) is 48.5 Å². The van der Waals surface area contributed by atoms with Crippen LogP contribution in [0.1, 0.15) is 23.1 Å². The normalized spacial score (nSPS) is 18.2. The molecule has 2 aromatic rings. The number of carbonyl (C=O) groups excluding carboxylic acids is 1. The molecular weight excluding hydrogens is 362 g/mol. The zero-order chi connectivity index (χ0) is 19.4. The number of carbonyl (C=O) groups is 1. The van der Waals surface area contributed by atoms with Crippen LogP contribution < -0.4 is 4.74 Å². The highest BCUT2D eigenvalue weighted by Crippen LogP contribution is 2.21. The minimum Gasteiger partial charge on any atom is -0.484 e. The van der Waals surface area contributed by atoms with Crippen molar-refractivity contribution in [1.29, 1.82) is 0 Å². The predicted molar refractivity (Wildman–Crippen MR) is 105 cm³/mol. The van der Waals surface area contributed by atoms with E-state index in [0.717, 1.165) is 16.7 Å². The van der Waals surface area contributed by atoms with Gasteiger partial charge in [-0.25, -0.2) is 8.42 Å². The first-order valence-electron chi connectivity index (χ1n) is 9.08. The standard InChI is InChI=1S/C21H25NO4S/c1-16-8-9-20(12-17(16)2)26-14-21(23)22(13-18-6-4-3-5-7-18)19-10-11-27(24,25)15-19/h3-9,12,19H,10-11,13-15H2,1-2H3. The molecule has 0 aromatic heterocycles. The zero-order valence-corrected chi connectivity index (χ0v) is 16.5. The number of hydrogen-bond acceptors (Lipinski definition) is 4. The summed E-state index contributed by atoms with van der Waals surface area (Å²) in [6.45, 7) is 4.30. The van der Waals surface area contributed by atoms with Crippen LogP contribution in [0.25, 0.3) is 0 Å². The smallest absolute Gasteiger partial charge is 0.261 e. The van der Waals surface area contributed by atoms with Crippen LogP contribution >= 0.6 is 0 Å². The molecule has 1 unspecified atom stereocenters. The second-order valence-corrected chi connectivity index (χ2v) is 9.33. The molecule has 1 amide bonds. The number of hydrogen-bond donors (Lipinski definition) is 0. The number of amides is 1. The van der Waals surface area contributed by atoms with Gasteiger partial charge in [-0.3, -0.25) is 4.79 Å². The molecule has 27 heavy (non-hydrogen) atoms. The van der Waals surface area contributed by atoms with Crippen molar-refractivity contribution < 1.29 is 17.9 Å². The molecule has 2 aromatic carbocycles. The first-order chi connectivity index (χ1) is 12.8. The molecule has 1 saturated heterocycles. The fourth-order valence-electron chi connectivity index (χ4n) is 3.25. The number of nitrogens with zero attached hydrogens (tertiary/aromatic N) is 1. The van der Waals surface area contributed by atoms with E-state index in [4.69, 9.17) is 4.74 Å². The lowest BCUT2D eigenvalue weighted by atomic mass is 10.1. The molecule has 1 heterocycles. The second kappa shape index (κ2) is 8.13. The average molecular weight is 388 g/mol. The van der Waals surface area contributed by atoms with Crippen molar-refractivity contribution in [2.75, 3.05) is 18.1 Å². The van der Waals surface area contributed by atoms with Gasteiger partial charge in [0, 0.05) is 12.6 Å². The summed E-state index contributed by atoms with van der Waals surface area (Å²) in [6, 6.07) is 15.0. The second-order valence-electron chi connectivity index (χ2n) is 7.10. The largest absolute Gasteiger partial charge is 0.484 e. The van der Waals surface area contributed by atoms with E-state index in [0.29, 0.717) is 18.7 Å². The Bertz CT molecular complexity index is 909. The van der Waals surface area contributed by atoms with Crippen LogP contribution in [0.5, 0.6) is 5.75 Å². The number of benzene rings is 2. The maximum Gasteiger partial charge on any atom is 0.261 e. The van der Waals surface area contributed by atoms with Crippen LogP contribution in [0.3, 0.4) is 0 Å². The molecule has 5 nitrogen and oxygen atoms in total. The first-order valence-corrected chi connectivity index (χ1v) is 10.9. The van der Waals surface area contributed by atoms with E-state index in [1.54, 1.807) is 4.90 Å². The minimum atomic E-state index is -3.08. The van der Waals surface area contributed by atoms with Crippen molar-refractivity contribution in [3.05, 3.63) is 65.2 Å². The molecule has 0 spiro atoms. The average Bonchev–Trinajstić information content (AvgIpc) is 3.01. The van der Waals surface area contributed by atoms with E-state index in [9.17, 15) is 13.2 Å². The van der Waals surface area contributed by atoms with Crippen LogP contribution in [0.2, 0.25) is 0 Å². The molecule has 0 bridgehead atoms. The molecule has 0 aliphatic carbocycles. The van der Waals surface area contributed by atoms with E-state index in [1.807, 2.05) is 62.4 Å². The third-order valence-electron chi connectivity index (χ3n) is 5.01. The molecule has 0 radical (unpaired) electrons. The molecule has 1 aliphatic rings. The Kier molecular flexibility index (Phi) is 5.85. The zero-order valence-electron chi connectivity index (χ0n) is 15.7. The van der Waals surface area contributed by atoms with Crippen molar-refractivity contribution in [3.63, 3.8) is 0 Å². The lowest BCUT2D eigenvalue weighted by Crippen LogP contribution is -2.43. The predicted octanol–water partition coefficient (Wildman–Crippen LogP) is 2.90. The van der Waals surface area contributed by atoms with Gasteiger partial charge in [-0.15, -0.1) is 0 Å². The summed E-state index contributed by atoms with van der Waals surface area (Å²) in [5, 5.41) is 0. The van der Waals surface area contributed by atoms with E-state index in [1.165, 1.54) is 0 Å². The Labute approximate surface area is 160 Å². The lowest BCUT2D eigenvalue weighted by molar-refractivity contribution is -0.136. The quantitative estimate of drug-likeness (QED) is 0.765. The van der Waals surface area contributed by atoms with E-state index in [-0.39, 0.29) is 30.1 Å². The Morgan fingerprint density at radius 2 is 1.85 bits per heavy atom. The Morgan fingerprint density at radius 1 is 1.11 bits per heavy atom. The summed E-state index contributed by atoms with van der Waals surface area (Å²) in [5.41, 5.74) is 3.24. The Hall–Kier alpha value is -2.34. The molecule has 6 heteroatoms. The highest BCUT2D eigenvalue weighted by atomic mass is 32.2. The number of sulfone groups is 1. The van der Waals surface area contributed by atoms with Gasteiger partial charge in [-0.2, -0.15) is 0 Å². The van der Waals surface area contributed by atoms with Crippen LogP contribution in [0, 0.1) is 13.8 Å². The molecule has 1 fully saturated rings. The van der Waals surface area contributed by atoms with Gasteiger partial charge in [-0.05, 0) is 49.1 Å². The maximum absolute atomic E-state index is 12.9. The van der Waals surface area contributed by atoms with Crippen molar-refractivity contribution in [2.24, 2.45) is 0 Å². The fraction of sp³-hybridized carbons (Fsp3) is 0.381. The molecule has 1 atom stereocenters. The highest BCUT2D eigenvalue weighted by molar-refractivity contribution is 7.91. The van der Waals surface area contributed by atoms with E-state index >= 15 is 0 Å². The van der Waals surface area contributed by atoms with Gasteiger partial charge in [0.1, 0.15) is 5.75 Å². The molecule has 0 saturated carbocycles. The topological polar surface area (TPSA) is 63.7 Å². The fourth-order valence-corrected chi connectivity index (χ4v) is 4.98. The lowest BCUT2D eigenvalue weighted by Gasteiger charge is -2.28. The summed E-state index contributed by atoms with van der Waals surface area (Å²) in [7, 11) is -3.08. The third kappa shape index (κ3) is 5.10. The SMILES string of the molecule is Cc1ccc(OCC(=O)N(Cc2ccccc2)C2CCS(=O)(=O)C2)cc1C. The summed E-state index contributed by atoms with van der Waals surface area (Å²) < 4.78 is 29.5. The van der Waals surface area contributed by atoms with Crippen molar-refractivity contribution in [3.8, 4) is 5.75 Å². The van der Waals surface area contributed by atoms with E-state index in [2.05, 4.69) is 0 Å². The number of ether oxygens (including phenoxy) is 1. The maximum atomic E-state index is 12.9.